The number of nitro benzene ring substituents is 1. The Morgan fingerprint density at radius 3 is 2.67 bits per heavy atom. The van der Waals surface area contributed by atoms with Gasteiger partial charge in [-0.25, -0.2) is 13.4 Å². The van der Waals surface area contributed by atoms with Gasteiger partial charge in [0.2, 0.25) is 0 Å². The van der Waals surface area contributed by atoms with E-state index in [2.05, 4.69) is 10.3 Å². The zero-order valence-electron chi connectivity index (χ0n) is 10.0. The fraction of sp³-hybridized carbons (Fsp3) is 0. The number of anilines is 1. The Hall–Kier alpha value is -2.04. The quantitative estimate of drug-likeness (QED) is 0.514. The van der Waals surface area contributed by atoms with Gasteiger partial charge in [-0.15, -0.1) is 11.3 Å². The molecule has 1 amide bonds. The SMILES string of the molecule is O=C(Nc1ccc(S(=O)(=O)Cl)cc1[N+](=O)[O-])c1cscn1. The number of nitro groups is 1. The van der Waals surface area contributed by atoms with Crippen molar-refractivity contribution in [3.8, 4) is 0 Å². The molecule has 2 rings (SSSR count). The minimum atomic E-state index is -4.10. The van der Waals surface area contributed by atoms with Crippen LogP contribution in [0, 0.1) is 10.1 Å². The Morgan fingerprint density at radius 1 is 1.43 bits per heavy atom. The molecule has 0 bridgehead atoms. The van der Waals surface area contributed by atoms with E-state index in [1.54, 1.807) is 0 Å². The summed E-state index contributed by atoms with van der Waals surface area (Å²) in [5.74, 6) is -0.638. The summed E-state index contributed by atoms with van der Waals surface area (Å²) in [6.45, 7) is 0. The van der Waals surface area contributed by atoms with E-state index in [4.69, 9.17) is 10.7 Å². The summed E-state index contributed by atoms with van der Waals surface area (Å²) >= 11 is 1.19. The van der Waals surface area contributed by atoms with E-state index >= 15 is 0 Å². The average molecular weight is 348 g/mol. The van der Waals surface area contributed by atoms with Crippen molar-refractivity contribution < 1.29 is 18.1 Å². The van der Waals surface area contributed by atoms with Crippen molar-refractivity contribution in [3.05, 3.63) is 44.9 Å². The Bertz CT molecular complexity index is 804. The second-order valence-electron chi connectivity index (χ2n) is 3.70. The van der Waals surface area contributed by atoms with Gasteiger partial charge >= 0.3 is 0 Å². The number of nitrogens with zero attached hydrogens (tertiary/aromatic N) is 2. The molecule has 8 nitrogen and oxygen atoms in total. The lowest BCUT2D eigenvalue weighted by atomic mass is 10.2. The monoisotopic (exact) mass is 347 g/mol. The molecule has 1 N–H and O–H groups in total. The minimum absolute atomic E-state index is 0.100. The number of carbonyl (C=O) groups is 1. The molecule has 0 spiro atoms. The predicted molar refractivity (Wildman–Crippen MR) is 76.2 cm³/mol. The van der Waals surface area contributed by atoms with Crippen LogP contribution in [0.2, 0.25) is 0 Å². The van der Waals surface area contributed by atoms with Crippen molar-refractivity contribution in [2.24, 2.45) is 0 Å². The van der Waals surface area contributed by atoms with Crippen LogP contribution in [-0.4, -0.2) is 24.2 Å². The van der Waals surface area contributed by atoms with Gasteiger partial charge in [-0.1, -0.05) is 0 Å². The topological polar surface area (TPSA) is 119 Å². The molecule has 1 aromatic heterocycles. The van der Waals surface area contributed by atoms with Crippen LogP contribution < -0.4 is 5.32 Å². The van der Waals surface area contributed by atoms with Crippen molar-refractivity contribution >= 4 is 48.4 Å². The Balaban J connectivity index is 2.40. The van der Waals surface area contributed by atoms with Gasteiger partial charge in [0.15, 0.2) is 0 Å². The standard InChI is InChI=1S/C10H6ClN3O5S2/c11-21(18,19)6-1-2-7(9(3-6)14(16)17)13-10(15)8-4-20-5-12-8/h1-5H,(H,13,15). The highest BCUT2D eigenvalue weighted by atomic mass is 35.7. The fourth-order valence-corrected chi connectivity index (χ4v) is 2.73. The maximum Gasteiger partial charge on any atom is 0.294 e. The molecule has 0 saturated heterocycles. The fourth-order valence-electron chi connectivity index (χ4n) is 1.43. The number of aromatic nitrogens is 1. The van der Waals surface area contributed by atoms with Gasteiger partial charge in [-0.05, 0) is 12.1 Å². The minimum Gasteiger partial charge on any atom is -0.315 e. The summed E-state index contributed by atoms with van der Waals surface area (Å²) in [6, 6.07) is 2.93. The number of nitrogens with one attached hydrogen (secondary N) is 1. The zero-order valence-corrected chi connectivity index (χ0v) is 12.4. The molecular formula is C10H6ClN3O5S2. The van der Waals surface area contributed by atoms with E-state index < -0.39 is 30.5 Å². The molecule has 0 aliphatic heterocycles. The van der Waals surface area contributed by atoms with E-state index in [1.165, 1.54) is 22.2 Å². The van der Waals surface area contributed by atoms with Crippen molar-refractivity contribution in [1.29, 1.82) is 0 Å². The summed E-state index contributed by atoms with van der Waals surface area (Å²) in [6.07, 6.45) is 0. The molecule has 0 unspecified atom stereocenters. The number of thiazole rings is 1. The molecule has 0 atom stereocenters. The normalized spacial score (nSPS) is 11.1. The average Bonchev–Trinajstić information content (AvgIpc) is 2.91. The summed E-state index contributed by atoms with van der Waals surface area (Å²) in [5, 5.41) is 14.7. The van der Waals surface area contributed by atoms with Gasteiger partial charge in [0.05, 0.1) is 15.3 Å². The molecule has 21 heavy (non-hydrogen) atoms. The lowest BCUT2D eigenvalue weighted by molar-refractivity contribution is -0.384. The zero-order chi connectivity index (χ0) is 15.6. The lowest BCUT2D eigenvalue weighted by Crippen LogP contribution is -2.13. The van der Waals surface area contributed by atoms with Crippen molar-refractivity contribution in [1.82, 2.24) is 4.98 Å². The first kappa shape index (κ1) is 15.4. The highest BCUT2D eigenvalue weighted by Crippen LogP contribution is 2.29. The summed E-state index contributed by atoms with van der Waals surface area (Å²) in [7, 11) is 1.03. The second kappa shape index (κ2) is 5.76. The van der Waals surface area contributed by atoms with E-state index in [9.17, 15) is 23.3 Å². The van der Waals surface area contributed by atoms with Crippen LogP contribution in [-0.2, 0) is 9.05 Å². The van der Waals surface area contributed by atoms with Crippen LogP contribution in [0.4, 0.5) is 11.4 Å². The molecule has 0 saturated carbocycles. The number of halogens is 1. The highest BCUT2D eigenvalue weighted by molar-refractivity contribution is 8.13. The summed E-state index contributed by atoms with van der Waals surface area (Å²) < 4.78 is 22.3. The smallest absolute Gasteiger partial charge is 0.294 e. The lowest BCUT2D eigenvalue weighted by Gasteiger charge is -2.05. The first-order valence-corrected chi connectivity index (χ1v) is 8.47. The Kier molecular flexibility index (Phi) is 4.21. The van der Waals surface area contributed by atoms with Crippen LogP contribution in [0.3, 0.4) is 0 Å². The summed E-state index contributed by atoms with van der Waals surface area (Å²) in [5.41, 5.74) is 0.803. The van der Waals surface area contributed by atoms with Gasteiger partial charge in [-0.3, -0.25) is 14.9 Å². The van der Waals surface area contributed by atoms with Gasteiger partial charge in [0, 0.05) is 22.1 Å². The number of amides is 1. The maximum absolute atomic E-state index is 11.8. The van der Waals surface area contributed by atoms with Gasteiger partial charge < -0.3 is 5.32 Å². The first-order chi connectivity index (χ1) is 9.79. The highest BCUT2D eigenvalue weighted by Gasteiger charge is 2.21. The maximum atomic E-state index is 11.8. The van der Waals surface area contributed by atoms with Crippen LogP contribution in [0.15, 0.2) is 34.0 Å². The van der Waals surface area contributed by atoms with Gasteiger partial charge in [0.1, 0.15) is 11.4 Å². The first-order valence-electron chi connectivity index (χ1n) is 5.21. The van der Waals surface area contributed by atoms with Gasteiger partial charge in [-0.2, -0.15) is 0 Å². The van der Waals surface area contributed by atoms with Crippen molar-refractivity contribution in [2.45, 2.75) is 4.90 Å². The molecule has 0 radical (unpaired) electrons. The molecule has 0 aliphatic rings. The predicted octanol–water partition coefficient (Wildman–Crippen LogP) is 2.23. The van der Waals surface area contributed by atoms with E-state index in [0.717, 1.165) is 18.2 Å². The summed E-state index contributed by atoms with van der Waals surface area (Å²) in [4.78, 5) is 25.3. The number of carbonyl (C=O) groups excluding carboxylic acids is 1. The third-order valence-corrected chi connectivity index (χ3v) is 4.30. The van der Waals surface area contributed by atoms with Crippen LogP contribution in [0.25, 0.3) is 0 Å². The molecule has 0 fully saturated rings. The molecule has 1 heterocycles. The number of hydrogen-bond acceptors (Lipinski definition) is 7. The van der Waals surface area contributed by atoms with E-state index in [-0.39, 0.29) is 11.4 Å². The van der Waals surface area contributed by atoms with E-state index in [1.807, 2.05) is 0 Å². The van der Waals surface area contributed by atoms with Crippen molar-refractivity contribution in [3.63, 3.8) is 0 Å². The van der Waals surface area contributed by atoms with Crippen LogP contribution in [0.5, 0.6) is 0 Å². The molecule has 11 heteroatoms. The Morgan fingerprint density at radius 2 is 2.14 bits per heavy atom. The molecule has 1 aromatic carbocycles. The van der Waals surface area contributed by atoms with Gasteiger partial charge in [0.25, 0.3) is 20.6 Å². The Labute approximate surface area is 127 Å². The van der Waals surface area contributed by atoms with Crippen LogP contribution in [0.1, 0.15) is 10.5 Å². The number of hydrogen-bond donors (Lipinski definition) is 1. The third kappa shape index (κ3) is 3.54. The largest absolute Gasteiger partial charge is 0.315 e. The molecule has 110 valence electrons. The van der Waals surface area contributed by atoms with E-state index in [0.29, 0.717) is 0 Å². The molecule has 2 aromatic rings. The molecular weight excluding hydrogens is 342 g/mol. The second-order valence-corrected chi connectivity index (χ2v) is 6.99. The number of rotatable bonds is 4. The molecule has 0 aliphatic carbocycles. The van der Waals surface area contributed by atoms with Crippen LogP contribution >= 0.6 is 22.0 Å². The number of benzene rings is 1. The third-order valence-electron chi connectivity index (χ3n) is 2.36. The van der Waals surface area contributed by atoms with Crippen molar-refractivity contribution in [2.75, 3.05) is 5.32 Å².